The Labute approximate surface area is 295 Å². The maximum Gasteiger partial charge on any atom is 0.135 e. The third-order valence-electron chi connectivity index (χ3n) is 10.5. The molecule has 50 heavy (non-hydrogen) atoms. The highest BCUT2D eigenvalue weighted by molar-refractivity contribution is 7.26. The van der Waals surface area contributed by atoms with Gasteiger partial charge in [-0.3, -0.25) is 0 Å². The van der Waals surface area contributed by atoms with Gasteiger partial charge in [0.1, 0.15) is 11.2 Å². The molecule has 0 radical (unpaired) electrons. The minimum absolute atomic E-state index is 0.644. The van der Waals surface area contributed by atoms with E-state index in [4.69, 9.17) is 4.42 Å². The van der Waals surface area contributed by atoms with E-state index >= 15 is 0 Å². The Bertz CT molecular complexity index is 2970. The van der Waals surface area contributed by atoms with Crippen molar-refractivity contribution in [2.75, 3.05) is 4.90 Å². The maximum atomic E-state index is 6.24. The van der Waals surface area contributed by atoms with Crippen LogP contribution in [-0.2, 0) is 0 Å². The molecule has 0 saturated heterocycles. The molecule has 0 saturated carbocycles. The molecule has 0 spiro atoms. The summed E-state index contributed by atoms with van der Waals surface area (Å²) in [5.74, 6) is 0. The van der Waals surface area contributed by atoms with E-state index in [0.717, 1.165) is 33.3 Å². The van der Waals surface area contributed by atoms with Crippen LogP contribution in [0.2, 0.25) is 0 Å². The van der Waals surface area contributed by atoms with Gasteiger partial charge in [-0.1, -0.05) is 114 Å². The predicted molar refractivity (Wildman–Crippen MR) is 217 cm³/mol. The molecule has 0 N–H and O–H groups in total. The van der Waals surface area contributed by atoms with Gasteiger partial charge in [0.25, 0.3) is 0 Å². The number of fused-ring (bicyclic) bond motifs is 11. The van der Waals surface area contributed by atoms with Crippen molar-refractivity contribution in [2.45, 2.75) is 0 Å². The van der Waals surface area contributed by atoms with Gasteiger partial charge in [-0.25, -0.2) is 0 Å². The maximum absolute atomic E-state index is 6.24. The average molecular weight is 672 g/mol. The van der Waals surface area contributed by atoms with E-state index in [1.165, 1.54) is 64.1 Å². The van der Waals surface area contributed by atoms with Crippen LogP contribution in [0.4, 0.5) is 17.1 Å². The van der Waals surface area contributed by atoms with Gasteiger partial charge in [-0.05, 0) is 93.7 Å². The molecule has 0 bridgehead atoms. The fourth-order valence-electron chi connectivity index (χ4n) is 8.06. The fraction of sp³-hybridized carbons (Fsp3) is 0. The minimum Gasteiger partial charge on any atom is -0.456 e. The summed E-state index contributed by atoms with van der Waals surface area (Å²) in [6.45, 7) is 0. The molecule has 4 heteroatoms. The topological polar surface area (TPSA) is 16.4 Å². The molecule has 1 aliphatic rings. The second-order valence-electron chi connectivity index (χ2n) is 13.3. The van der Waals surface area contributed by atoms with E-state index in [2.05, 4.69) is 163 Å². The normalized spacial score (nSPS) is 12.8. The largest absolute Gasteiger partial charge is 0.456 e. The zero-order valence-corrected chi connectivity index (χ0v) is 29.3. The summed E-state index contributed by atoms with van der Waals surface area (Å²) < 4.78 is 9.03. The number of benzene rings is 8. The van der Waals surface area contributed by atoms with Crippen LogP contribution in [0.3, 0.4) is 0 Å². The molecule has 2 aromatic heterocycles. The standard InChI is InChI=1S/C46H29NOSSi/c1-2-8-30-25-31(14-13-28(30)7-1)29-15-17-32(18-16-29)47(33-20-23-41-39(26-33)35-9-3-5-11-40(35)48-41)34-19-21-38-44(27-34)50-43-24-22-37-36-10-4-6-12-42(36)49-46(37)45(38)43/h1-27H,50H2. The first-order valence-corrected chi connectivity index (χ1v) is 19.4. The van der Waals surface area contributed by atoms with Crippen LogP contribution in [0, 0.1) is 0 Å². The Balaban J connectivity index is 1.06. The summed E-state index contributed by atoms with van der Waals surface area (Å²) in [6, 6.07) is 60.0. The molecular weight excluding hydrogens is 643 g/mol. The molecule has 234 valence electrons. The Hall–Kier alpha value is -5.94. The second kappa shape index (κ2) is 10.8. The zero-order chi connectivity index (χ0) is 32.8. The minimum atomic E-state index is -0.644. The monoisotopic (exact) mass is 671 g/mol. The van der Waals surface area contributed by atoms with Crippen LogP contribution in [0.15, 0.2) is 168 Å². The first-order valence-electron chi connectivity index (χ1n) is 17.1. The van der Waals surface area contributed by atoms with Gasteiger partial charge in [-0.2, -0.15) is 0 Å². The molecule has 0 aliphatic carbocycles. The van der Waals surface area contributed by atoms with Gasteiger partial charge in [0.2, 0.25) is 0 Å². The van der Waals surface area contributed by atoms with Crippen molar-refractivity contribution in [3.05, 3.63) is 164 Å². The smallest absolute Gasteiger partial charge is 0.135 e. The first kappa shape index (κ1) is 28.0. The van der Waals surface area contributed by atoms with Gasteiger partial charge in [0, 0.05) is 48.0 Å². The van der Waals surface area contributed by atoms with Gasteiger partial charge >= 0.3 is 0 Å². The number of furan rings is 1. The molecule has 2 nitrogen and oxygen atoms in total. The lowest BCUT2D eigenvalue weighted by molar-refractivity contribution is 0.669. The molecule has 0 amide bonds. The Morgan fingerprint density at radius 3 is 2.10 bits per heavy atom. The number of nitrogens with zero attached hydrogens (tertiary/aromatic N) is 1. The summed E-state index contributed by atoms with van der Waals surface area (Å²) >= 11 is 1.94. The van der Waals surface area contributed by atoms with Crippen molar-refractivity contribution >= 4 is 101 Å². The molecule has 0 fully saturated rings. The van der Waals surface area contributed by atoms with Crippen molar-refractivity contribution in [2.24, 2.45) is 0 Å². The number of hydrogen-bond donors (Lipinski definition) is 0. The molecule has 8 aromatic carbocycles. The highest BCUT2D eigenvalue weighted by Crippen LogP contribution is 2.43. The van der Waals surface area contributed by atoms with Crippen molar-refractivity contribution in [1.29, 1.82) is 0 Å². The van der Waals surface area contributed by atoms with Crippen LogP contribution in [0.5, 0.6) is 0 Å². The molecule has 3 heterocycles. The summed E-state index contributed by atoms with van der Waals surface area (Å²) in [5, 5.41) is 10.6. The fourth-order valence-corrected chi connectivity index (χ4v) is 11.5. The third-order valence-corrected chi connectivity index (χ3v) is 13.6. The van der Waals surface area contributed by atoms with E-state index in [-0.39, 0.29) is 0 Å². The van der Waals surface area contributed by atoms with Crippen LogP contribution in [0.25, 0.3) is 75.1 Å². The number of anilines is 3. The van der Waals surface area contributed by atoms with Crippen LogP contribution >= 0.6 is 11.3 Å². The van der Waals surface area contributed by atoms with Gasteiger partial charge < -0.3 is 9.32 Å². The van der Waals surface area contributed by atoms with E-state index < -0.39 is 9.52 Å². The quantitative estimate of drug-likeness (QED) is 0.173. The number of thiophene rings is 1. The van der Waals surface area contributed by atoms with Crippen LogP contribution in [-0.4, -0.2) is 9.52 Å². The Morgan fingerprint density at radius 2 is 1.18 bits per heavy atom. The molecular formula is C46H29NOSSi. The van der Waals surface area contributed by atoms with Crippen molar-refractivity contribution in [3.8, 4) is 22.3 Å². The van der Waals surface area contributed by atoms with Crippen LogP contribution < -0.4 is 15.3 Å². The molecule has 11 rings (SSSR count). The SMILES string of the molecule is c1ccc2cc(-c3ccc(N(c4ccc5c(c4)[SiH2]c4ccc6c(sc7ccccc76)c4-5)c4ccc5oc6ccccc6c5c4)cc3)ccc2c1. The van der Waals surface area contributed by atoms with Crippen LogP contribution in [0.1, 0.15) is 0 Å². The van der Waals surface area contributed by atoms with E-state index in [1.54, 1.807) is 5.19 Å². The number of hydrogen-bond acceptors (Lipinski definition) is 3. The Kier molecular flexibility index (Phi) is 6.03. The summed E-state index contributed by atoms with van der Waals surface area (Å²) in [6.07, 6.45) is 0. The highest BCUT2D eigenvalue weighted by atomic mass is 32.1. The van der Waals surface area contributed by atoms with E-state index in [0.29, 0.717) is 0 Å². The first-order chi connectivity index (χ1) is 24.7. The van der Waals surface area contributed by atoms with Gasteiger partial charge in [0.05, 0.1) is 9.52 Å². The van der Waals surface area contributed by atoms with E-state index in [1.807, 2.05) is 17.4 Å². The van der Waals surface area contributed by atoms with Crippen molar-refractivity contribution in [1.82, 2.24) is 0 Å². The second-order valence-corrected chi connectivity index (χ2v) is 16.2. The zero-order valence-electron chi connectivity index (χ0n) is 27.1. The lowest BCUT2D eigenvalue weighted by Gasteiger charge is -2.26. The highest BCUT2D eigenvalue weighted by Gasteiger charge is 2.25. The summed E-state index contributed by atoms with van der Waals surface area (Å²) in [4.78, 5) is 2.41. The predicted octanol–water partition coefficient (Wildman–Crippen LogP) is 11.3. The number of para-hydroxylation sites is 1. The third kappa shape index (κ3) is 4.26. The Morgan fingerprint density at radius 1 is 0.460 bits per heavy atom. The average Bonchev–Trinajstić information content (AvgIpc) is 3.86. The summed E-state index contributed by atoms with van der Waals surface area (Å²) in [5.41, 5.74) is 10.6. The lowest BCUT2D eigenvalue weighted by Crippen LogP contribution is -2.22. The lowest BCUT2D eigenvalue weighted by atomic mass is 10.0. The van der Waals surface area contributed by atoms with Crippen molar-refractivity contribution < 1.29 is 4.42 Å². The molecule has 1 aliphatic heterocycles. The molecule has 0 unspecified atom stereocenters. The van der Waals surface area contributed by atoms with Gasteiger partial charge in [0.15, 0.2) is 0 Å². The van der Waals surface area contributed by atoms with Crippen molar-refractivity contribution in [3.63, 3.8) is 0 Å². The van der Waals surface area contributed by atoms with E-state index in [9.17, 15) is 0 Å². The molecule has 0 atom stereocenters. The summed E-state index contributed by atoms with van der Waals surface area (Å²) in [7, 11) is -0.644. The molecule has 10 aromatic rings. The number of rotatable bonds is 4. The van der Waals surface area contributed by atoms with Gasteiger partial charge in [-0.15, -0.1) is 11.3 Å².